The fourth-order valence-corrected chi connectivity index (χ4v) is 1.92. The lowest BCUT2D eigenvalue weighted by Gasteiger charge is -2.05. The first-order valence-corrected chi connectivity index (χ1v) is 6.42. The molecule has 1 heterocycles. The molecule has 1 aromatic carbocycles. The third-order valence-electron chi connectivity index (χ3n) is 2.51. The summed E-state index contributed by atoms with van der Waals surface area (Å²) in [5, 5.41) is 3.90. The van der Waals surface area contributed by atoms with Gasteiger partial charge in [0.25, 0.3) is 5.89 Å². The minimum absolute atomic E-state index is 0.194. The molecule has 6 heteroatoms. The van der Waals surface area contributed by atoms with Crippen molar-refractivity contribution < 1.29 is 9.26 Å². The van der Waals surface area contributed by atoms with Crippen molar-refractivity contribution in [1.29, 1.82) is 0 Å². The summed E-state index contributed by atoms with van der Waals surface area (Å²) in [6.45, 7) is 4.40. The van der Waals surface area contributed by atoms with Crippen molar-refractivity contribution in [2.24, 2.45) is 0 Å². The van der Waals surface area contributed by atoms with Gasteiger partial charge in [-0.3, -0.25) is 0 Å². The molecular weight excluding hydrogens is 298 g/mol. The van der Waals surface area contributed by atoms with E-state index in [-0.39, 0.29) is 6.10 Å². The molecule has 0 spiro atoms. The number of ether oxygens (including phenoxy) is 1. The third-order valence-corrected chi connectivity index (χ3v) is 3.20. The molecule has 0 aliphatic heterocycles. The molecule has 2 aromatic rings. The zero-order valence-corrected chi connectivity index (χ0v) is 11.8. The second-order valence-corrected chi connectivity index (χ2v) is 4.61. The lowest BCUT2D eigenvalue weighted by Crippen LogP contribution is -2.01. The van der Waals surface area contributed by atoms with Crippen LogP contribution in [-0.4, -0.2) is 16.7 Å². The van der Waals surface area contributed by atoms with Crippen molar-refractivity contribution in [3.8, 4) is 11.5 Å². The van der Waals surface area contributed by atoms with Gasteiger partial charge in [0.15, 0.2) is 0 Å². The van der Waals surface area contributed by atoms with E-state index in [0.29, 0.717) is 29.6 Å². The van der Waals surface area contributed by atoms with Gasteiger partial charge in [-0.2, -0.15) is 4.98 Å². The van der Waals surface area contributed by atoms with E-state index < -0.39 is 0 Å². The van der Waals surface area contributed by atoms with E-state index in [1.54, 1.807) is 0 Å². The van der Waals surface area contributed by atoms with Gasteiger partial charge in [-0.05, 0) is 41.9 Å². The number of para-hydroxylation sites is 1. The molecular formula is C12H14BrN3O2. The largest absolute Gasteiger partial charge is 0.397 e. The maximum atomic E-state index is 5.95. The van der Waals surface area contributed by atoms with Crippen LogP contribution in [0.5, 0.6) is 0 Å². The second kappa shape index (κ2) is 5.49. The molecule has 2 N–H and O–H groups in total. The summed E-state index contributed by atoms with van der Waals surface area (Å²) in [5.41, 5.74) is 7.25. The number of nitrogens with two attached hydrogens (primary N) is 1. The maximum absolute atomic E-state index is 5.95. The van der Waals surface area contributed by atoms with Gasteiger partial charge >= 0.3 is 0 Å². The van der Waals surface area contributed by atoms with Crippen molar-refractivity contribution in [2.45, 2.75) is 20.0 Å². The van der Waals surface area contributed by atoms with Crippen LogP contribution in [0.25, 0.3) is 11.5 Å². The summed E-state index contributed by atoms with van der Waals surface area (Å²) in [6, 6.07) is 5.56. The Morgan fingerprint density at radius 3 is 3.00 bits per heavy atom. The number of benzene rings is 1. The number of anilines is 1. The van der Waals surface area contributed by atoms with Crippen molar-refractivity contribution >= 4 is 21.6 Å². The summed E-state index contributed by atoms with van der Waals surface area (Å²) in [4.78, 5) is 4.30. The summed E-state index contributed by atoms with van der Waals surface area (Å²) >= 11 is 3.36. The first-order chi connectivity index (χ1) is 8.63. The second-order valence-electron chi connectivity index (χ2n) is 3.76. The number of halogens is 1. The van der Waals surface area contributed by atoms with Crippen LogP contribution < -0.4 is 5.73 Å². The molecule has 2 rings (SSSR count). The van der Waals surface area contributed by atoms with Gasteiger partial charge in [-0.1, -0.05) is 11.2 Å². The first kappa shape index (κ1) is 13.0. The first-order valence-electron chi connectivity index (χ1n) is 5.63. The molecule has 0 amide bonds. The van der Waals surface area contributed by atoms with Crippen LogP contribution in [0.15, 0.2) is 27.2 Å². The Labute approximate surface area is 113 Å². The average Bonchev–Trinajstić information content (AvgIpc) is 2.82. The summed E-state index contributed by atoms with van der Waals surface area (Å²) in [6.07, 6.45) is -0.194. The highest BCUT2D eigenvalue weighted by Gasteiger charge is 2.17. The number of rotatable bonds is 4. The van der Waals surface area contributed by atoms with Crippen LogP contribution >= 0.6 is 15.9 Å². The van der Waals surface area contributed by atoms with E-state index in [0.717, 1.165) is 4.47 Å². The molecule has 0 fully saturated rings. The van der Waals surface area contributed by atoms with Crippen molar-refractivity contribution in [2.75, 3.05) is 12.3 Å². The molecule has 18 heavy (non-hydrogen) atoms. The zero-order valence-electron chi connectivity index (χ0n) is 10.2. The van der Waals surface area contributed by atoms with Crippen molar-refractivity contribution in [1.82, 2.24) is 10.1 Å². The predicted molar refractivity (Wildman–Crippen MR) is 71.9 cm³/mol. The lowest BCUT2D eigenvalue weighted by atomic mass is 10.2. The Bertz CT molecular complexity index is 542. The molecule has 1 atom stereocenters. The highest BCUT2D eigenvalue weighted by atomic mass is 79.9. The number of hydrogen-bond acceptors (Lipinski definition) is 5. The van der Waals surface area contributed by atoms with Gasteiger partial charge in [-0.25, -0.2) is 0 Å². The van der Waals surface area contributed by atoms with E-state index in [4.69, 9.17) is 15.0 Å². The normalized spacial score (nSPS) is 12.6. The minimum atomic E-state index is -0.194. The summed E-state index contributed by atoms with van der Waals surface area (Å²) in [5.74, 6) is 0.918. The van der Waals surface area contributed by atoms with E-state index in [2.05, 4.69) is 26.1 Å². The number of aromatic nitrogens is 2. The van der Waals surface area contributed by atoms with Crippen LogP contribution in [-0.2, 0) is 4.74 Å². The Morgan fingerprint density at radius 1 is 1.50 bits per heavy atom. The summed E-state index contributed by atoms with van der Waals surface area (Å²) in [7, 11) is 0. The number of hydrogen-bond donors (Lipinski definition) is 1. The molecule has 0 saturated carbocycles. The predicted octanol–water partition coefficient (Wildman–Crippen LogP) is 3.18. The maximum Gasteiger partial charge on any atom is 0.260 e. The molecule has 0 aliphatic carbocycles. The van der Waals surface area contributed by atoms with E-state index in [9.17, 15) is 0 Å². The number of nitrogens with zero attached hydrogens (tertiary/aromatic N) is 2. The van der Waals surface area contributed by atoms with Crippen LogP contribution in [0.4, 0.5) is 5.69 Å². The van der Waals surface area contributed by atoms with E-state index in [1.165, 1.54) is 0 Å². The Morgan fingerprint density at radius 2 is 2.28 bits per heavy atom. The highest BCUT2D eigenvalue weighted by molar-refractivity contribution is 9.10. The van der Waals surface area contributed by atoms with E-state index in [1.807, 2.05) is 32.0 Å². The lowest BCUT2D eigenvalue weighted by molar-refractivity contribution is 0.0683. The molecule has 96 valence electrons. The summed E-state index contributed by atoms with van der Waals surface area (Å²) < 4.78 is 11.4. The molecule has 0 bridgehead atoms. The van der Waals surface area contributed by atoms with Crippen molar-refractivity contribution in [3.63, 3.8) is 0 Å². The van der Waals surface area contributed by atoms with Crippen LogP contribution in [0.2, 0.25) is 0 Å². The Balaban J connectivity index is 2.32. The fourth-order valence-electron chi connectivity index (χ4n) is 1.56. The molecule has 0 saturated heterocycles. The van der Waals surface area contributed by atoms with Gasteiger partial charge < -0.3 is 15.0 Å². The van der Waals surface area contributed by atoms with Crippen LogP contribution in [0, 0.1) is 0 Å². The highest BCUT2D eigenvalue weighted by Crippen LogP contribution is 2.31. The molecule has 0 aliphatic rings. The minimum Gasteiger partial charge on any atom is -0.397 e. The van der Waals surface area contributed by atoms with Crippen LogP contribution in [0.1, 0.15) is 25.8 Å². The van der Waals surface area contributed by atoms with Gasteiger partial charge in [-0.15, -0.1) is 0 Å². The SMILES string of the molecule is CCOC(C)c1noc(-c2cccc(Br)c2N)n1. The third kappa shape index (κ3) is 2.54. The molecule has 0 radical (unpaired) electrons. The Kier molecular flexibility index (Phi) is 3.98. The quantitative estimate of drug-likeness (QED) is 0.878. The van der Waals surface area contributed by atoms with Gasteiger partial charge in [0.2, 0.25) is 5.82 Å². The average molecular weight is 312 g/mol. The topological polar surface area (TPSA) is 74.2 Å². The smallest absolute Gasteiger partial charge is 0.260 e. The molecule has 1 unspecified atom stereocenters. The zero-order chi connectivity index (χ0) is 13.1. The van der Waals surface area contributed by atoms with Gasteiger partial charge in [0.1, 0.15) is 6.10 Å². The van der Waals surface area contributed by atoms with Gasteiger partial charge in [0, 0.05) is 11.1 Å². The van der Waals surface area contributed by atoms with Crippen LogP contribution in [0.3, 0.4) is 0 Å². The molecule has 5 nitrogen and oxygen atoms in total. The van der Waals surface area contributed by atoms with Crippen molar-refractivity contribution in [3.05, 3.63) is 28.5 Å². The van der Waals surface area contributed by atoms with Gasteiger partial charge in [0.05, 0.1) is 11.3 Å². The Hall–Kier alpha value is -1.40. The van der Waals surface area contributed by atoms with E-state index >= 15 is 0 Å². The molecule has 1 aromatic heterocycles. The standard InChI is InChI=1S/C12H14BrN3O2/c1-3-17-7(2)11-15-12(18-16-11)8-5-4-6-9(13)10(8)14/h4-7H,3,14H2,1-2H3. The monoisotopic (exact) mass is 311 g/mol. The number of nitrogen functional groups attached to an aromatic ring is 1. The fraction of sp³-hybridized carbons (Fsp3) is 0.333.